The highest BCUT2D eigenvalue weighted by Crippen LogP contribution is 2.50. The van der Waals surface area contributed by atoms with Crippen LogP contribution >= 0.6 is 7.75 Å². The normalized spacial score (nSPS) is 24.3. The molecule has 236 valence electrons. The third-order valence-electron chi connectivity index (χ3n) is 7.31. The number of hydrogen-bond acceptors (Lipinski definition) is 9. The first kappa shape index (κ1) is 32.6. The fourth-order valence-electron chi connectivity index (χ4n) is 4.92. The molecule has 1 aliphatic heterocycles. The highest BCUT2D eigenvalue weighted by atomic mass is 31.2. The highest BCUT2D eigenvalue weighted by molar-refractivity contribution is 7.52. The minimum absolute atomic E-state index is 0.193. The molecule has 1 fully saturated rings. The monoisotopic (exact) mass is 628 g/mol. The Bertz CT molecular complexity index is 1670. The van der Waals surface area contributed by atoms with E-state index in [4.69, 9.17) is 18.5 Å². The van der Waals surface area contributed by atoms with Gasteiger partial charge < -0.3 is 23.7 Å². The zero-order chi connectivity index (χ0) is 31.9. The van der Waals surface area contributed by atoms with Crippen LogP contribution in [0.5, 0.6) is 5.75 Å². The topological polar surface area (TPSA) is 163 Å². The molecule has 0 aliphatic carbocycles. The fourth-order valence-corrected chi connectivity index (χ4v) is 6.42. The Morgan fingerprint density at radius 3 is 2.60 bits per heavy atom. The number of H-pyrrole nitrogens is 1. The number of fused-ring (bicyclic) bond motifs is 1. The van der Waals surface area contributed by atoms with Gasteiger partial charge in [0.2, 0.25) is 0 Å². The number of aliphatic hydroxyl groups excluding tert-OH is 1. The molecule has 6 unspecified atom stereocenters. The molecule has 1 saturated heterocycles. The van der Waals surface area contributed by atoms with Crippen LogP contribution in [0.3, 0.4) is 0 Å². The number of aromatic amines is 1. The summed E-state index contributed by atoms with van der Waals surface area (Å²) in [5.74, 6) is -3.37. The first-order valence-electron chi connectivity index (χ1n) is 13.5. The summed E-state index contributed by atoms with van der Waals surface area (Å²) >= 11 is 0. The average molecular weight is 629 g/mol. The van der Waals surface area contributed by atoms with E-state index < -0.39 is 85.8 Å². The lowest BCUT2D eigenvalue weighted by Crippen LogP contribution is -2.42. The van der Waals surface area contributed by atoms with Crippen molar-refractivity contribution in [1.82, 2.24) is 19.2 Å². The summed E-state index contributed by atoms with van der Waals surface area (Å²) < 4.78 is 70.2. The number of carbonyl (C=O) groups is 1. The van der Waals surface area contributed by atoms with Crippen LogP contribution in [-0.4, -0.2) is 62.3 Å². The summed E-state index contributed by atoms with van der Waals surface area (Å²) in [6, 6.07) is 4.15. The summed E-state index contributed by atoms with van der Waals surface area (Å²) in [5, 5.41) is 12.7. The molecule has 0 spiro atoms. The summed E-state index contributed by atoms with van der Waals surface area (Å²) in [6.07, 6.45) is -2.35. The summed E-state index contributed by atoms with van der Waals surface area (Å²) in [7, 11) is -2.89. The first-order valence-corrected chi connectivity index (χ1v) is 15.1. The van der Waals surface area contributed by atoms with Crippen molar-refractivity contribution in [3.8, 4) is 5.75 Å². The molecule has 2 aromatic heterocycles. The van der Waals surface area contributed by atoms with Crippen molar-refractivity contribution in [2.45, 2.75) is 64.8 Å². The molecule has 0 amide bonds. The average Bonchev–Trinajstić information content (AvgIpc) is 3.35. The maximum absolute atomic E-state index is 16.0. The van der Waals surface area contributed by atoms with Gasteiger partial charge in [0.25, 0.3) is 5.56 Å². The van der Waals surface area contributed by atoms with Gasteiger partial charge in [0.05, 0.1) is 30.9 Å². The van der Waals surface area contributed by atoms with Crippen molar-refractivity contribution in [2.24, 2.45) is 13.0 Å². The molecule has 1 aliphatic rings. The Morgan fingerprint density at radius 2 is 1.98 bits per heavy atom. The number of alkyl halides is 1. The summed E-state index contributed by atoms with van der Waals surface area (Å²) in [5.41, 5.74) is -2.71. The lowest BCUT2D eigenvalue weighted by molar-refractivity contribution is -0.149. The number of rotatable bonds is 11. The van der Waals surface area contributed by atoms with Crippen LogP contribution in [0.4, 0.5) is 8.78 Å². The van der Waals surface area contributed by atoms with Crippen LogP contribution < -0.4 is 20.9 Å². The molecular weight excluding hydrogens is 593 g/mol. The predicted molar refractivity (Wildman–Crippen MR) is 151 cm³/mol. The van der Waals surface area contributed by atoms with Crippen molar-refractivity contribution in [1.29, 1.82) is 0 Å². The quantitative estimate of drug-likeness (QED) is 0.213. The number of aryl methyl sites for hydroxylation is 2. The Kier molecular flexibility index (Phi) is 9.33. The highest BCUT2D eigenvalue weighted by Gasteiger charge is 2.56. The molecule has 0 radical (unpaired) electrons. The van der Waals surface area contributed by atoms with E-state index in [1.54, 1.807) is 44.5 Å². The number of halogens is 2. The van der Waals surface area contributed by atoms with Crippen molar-refractivity contribution in [2.75, 3.05) is 13.2 Å². The zero-order valence-electron chi connectivity index (χ0n) is 24.5. The molecule has 0 saturated carbocycles. The number of nitrogens with one attached hydrogen (secondary N) is 2. The molecule has 3 aromatic rings. The van der Waals surface area contributed by atoms with E-state index in [1.807, 2.05) is 4.98 Å². The van der Waals surface area contributed by atoms with Gasteiger partial charge in [0.15, 0.2) is 23.5 Å². The van der Waals surface area contributed by atoms with Gasteiger partial charge in [-0.15, -0.1) is 0 Å². The fraction of sp³-hybridized carbons (Fsp3) is 0.519. The second kappa shape index (κ2) is 12.3. The SMILES string of the molecule is Cc1cc2c(F)c(OP(=O)(NC(C)C(=O)OC(C)C)OCC3OC(n4ccc(=O)[nH]c4=O)C(C)(F)C3CO)ccc2n1C. The minimum Gasteiger partial charge on any atom is -0.462 e. The van der Waals surface area contributed by atoms with Crippen LogP contribution in [0.15, 0.2) is 40.1 Å². The van der Waals surface area contributed by atoms with Gasteiger partial charge in [-0.1, -0.05) is 0 Å². The van der Waals surface area contributed by atoms with Crippen LogP contribution in [0, 0.1) is 18.7 Å². The van der Waals surface area contributed by atoms with Gasteiger partial charge >= 0.3 is 19.4 Å². The van der Waals surface area contributed by atoms with Crippen LogP contribution in [0.25, 0.3) is 10.9 Å². The molecular formula is C27H35F2N4O9P. The van der Waals surface area contributed by atoms with Gasteiger partial charge in [-0.2, -0.15) is 5.09 Å². The maximum Gasteiger partial charge on any atom is 0.459 e. The first-order chi connectivity index (χ1) is 20.1. The van der Waals surface area contributed by atoms with Gasteiger partial charge in [-0.3, -0.25) is 23.7 Å². The third kappa shape index (κ3) is 6.60. The van der Waals surface area contributed by atoms with Crippen LogP contribution in [0.1, 0.15) is 39.6 Å². The van der Waals surface area contributed by atoms with Crippen molar-refractivity contribution < 1.29 is 41.8 Å². The third-order valence-corrected chi connectivity index (χ3v) is 8.94. The number of ether oxygens (including phenoxy) is 2. The van der Waals surface area contributed by atoms with E-state index in [0.29, 0.717) is 5.52 Å². The second-order valence-electron chi connectivity index (χ2n) is 10.9. The standard InChI is InChI=1S/C27H35F2N4O9P/c1-14(2)40-24(36)16(4)31-43(38,42-20-8-7-19-17(23(20)28)11-15(3)32(19)6)39-13-21-18(12-34)27(5,29)25(41-21)33-10-9-22(35)30-26(33)37/h7-11,14,16,18,21,25,34H,12-13H2,1-6H3,(H,31,38)(H,30,35,37). The number of nitrogens with zero attached hydrogens (tertiary/aromatic N) is 2. The molecule has 3 N–H and O–H groups in total. The predicted octanol–water partition coefficient (Wildman–Crippen LogP) is 2.84. The molecule has 13 nitrogen and oxygen atoms in total. The Labute approximate surface area is 245 Å². The molecule has 3 heterocycles. The number of hydrogen-bond donors (Lipinski definition) is 3. The number of aliphatic hydroxyl groups is 1. The van der Waals surface area contributed by atoms with Crippen molar-refractivity contribution in [3.05, 3.63) is 62.8 Å². The van der Waals surface area contributed by atoms with E-state index in [0.717, 1.165) is 29.4 Å². The second-order valence-corrected chi connectivity index (χ2v) is 12.6. The summed E-state index contributed by atoms with van der Waals surface area (Å²) in [6.45, 7) is 6.02. The number of carbonyl (C=O) groups excluding carboxylic acids is 1. The van der Waals surface area contributed by atoms with E-state index in [2.05, 4.69) is 5.09 Å². The Balaban J connectivity index is 1.64. The van der Waals surface area contributed by atoms with E-state index >= 15 is 8.78 Å². The molecule has 16 heteroatoms. The Morgan fingerprint density at radius 1 is 1.28 bits per heavy atom. The number of benzene rings is 1. The maximum atomic E-state index is 16.0. The minimum atomic E-state index is -4.64. The number of esters is 1. The van der Waals surface area contributed by atoms with E-state index in [1.165, 1.54) is 13.0 Å². The van der Waals surface area contributed by atoms with Crippen molar-refractivity contribution in [3.63, 3.8) is 0 Å². The van der Waals surface area contributed by atoms with Crippen LogP contribution in [-0.2, 0) is 30.4 Å². The molecule has 1 aromatic carbocycles. The zero-order valence-corrected chi connectivity index (χ0v) is 25.4. The largest absolute Gasteiger partial charge is 0.462 e. The molecule has 4 rings (SSSR count). The van der Waals surface area contributed by atoms with Gasteiger partial charge in [0, 0.05) is 36.3 Å². The lowest BCUT2D eigenvalue weighted by atomic mass is 9.88. The van der Waals surface area contributed by atoms with Crippen LogP contribution in [0.2, 0.25) is 0 Å². The van der Waals surface area contributed by atoms with E-state index in [-0.39, 0.29) is 5.39 Å². The molecule has 6 atom stereocenters. The Hall–Kier alpha value is -3.36. The lowest BCUT2D eigenvalue weighted by Gasteiger charge is -2.27. The van der Waals surface area contributed by atoms with Gasteiger partial charge in [0.1, 0.15) is 6.04 Å². The van der Waals surface area contributed by atoms with E-state index in [9.17, 15) is 24.1 Å². The number of aromatic nitrogens is 3. The van der Waals surface area contributed by atoms with Gasteiger partial charge in [-0.25, -0.2) is 18.1 Å². The smallest absolute Gasteiger partial charge is 0.459 e. The van der Waals surface area contributed by atoms with Gasteiger partial charge in [-0.05, 0) is 52.8 Å². The molecule has 43 heavy (non-hydrogen) atoms. The van der Waals surface area contributed by atoms with Crippen molar-refractivity contribution >= 4 is 24.6 Å². The molecule has 0 bridgehead atoms. The summed E-state index contributed by atoms with van der Waals surface area (Å²) in [4.78, 5) is 38.4.